The molecule has 0 atom stereocenters. The Morgan fingerprint density at radius 1 is 0.944 bits per heavy atom. The molecule has 0 saturated carbocycles. The summed E-state index contributed by atoms with van der Waals surface area (Å²) in [5, 5.41) is 0.442. The van der Waals surface area contributed by atoms with Crippen molar-refractivity contribution in [2.24, 2.45) is 0 Å². The summed E-state index contributed by atoms with van der Waals surface area (Å²) < 4.78 is 12.6. The highest BCUT2D eigenvalue weighted by atomic mass is 16.6. The number of benzene rings is 2. The Balaban J connectivity index is 1.69. The highest BCUT2D eigenvalue weighted by Crippen LogP contribution is 2.35. The molecule has 4 rings (SSSR count). The molecule has 0 bridgehead atoms. The molecule has 4 aromatic rings. The topological polar surface area (TPSA) is 105 Å². The predicted octanol–water partition coefficient (Wildman–Crippen LogP) is 4.18. The van der Waals surface area contributed by atoms with Crippen LogP contribution >= 0.6 is 0 Å². The summed E-state index contributed by atoms with van der Waals surface area (Å²) in [5.74, 6) is -2.73. The van der Waals surface area contributed by atoms with Gasteiger partial charge in [-0.15, -0.1) is 0 Å². The fraction of sp³-hybridized carbons (Fsp3) is 0.179. The maximum atomic E-state index is 13.0. The van der Waals surface area contributed by atoms with E-state index in [9.17, 15) is 19.2 Å². The molecule has 0 aliphatic heterocycles. The fourth-order valence-corrected chi connectivity index (χ4v) is 4.09. The van der Waals surface area contributed by atoms with Crippen molar-refractivity contribution in [3.05, 3.63) is 95.4 Å². The third-order valence-corrected chi connectivity index (χ3v) is 5.67. The van der Waals surface area contributed by atoms with E-state index in [-0.39, 0.29) is 16.9 Å². The molecule has 0 N–H and O–H groups in total. The van der Waals surface area contributed by atoms with Crippen molar-refractivity contribution in [2.75, 3.05) is 6.61 Å². The first-order chi connectivity index (χ1) is 17.4. The largest absolute Gasteiger partial charge is 0.481 e. The fourth-order valence-electron chi connectivity index (χ4n) is 4.09. The second kappa shape index (κ2) is 10.8. The van der Waals surface area contributed by atoms with Gasteiger partial charge in [0.2, 0.25) is 5.78 Å². The monoisotopic (exact) mass is 484 g/mol. The van der Waals surface area contributed by atoms with Gasteiger partial charge in [-0.3, -0.25) is 14.6 Å². The molecule has 0 radical (unpaired) electrons. The quantitative estimate of drug-likeness (QED) is 0.152. The lowest BCUT2D eigenvalue weighted by Crippen LogP contribution is -2.19. The number of hydrogen-bond acceptors (Lipinski definition) is 7. The minimum atomic E-state index is -0.903. The highest BCUT2D eigenvalue weighted by molar-refractivity contribution is 6.45. The second-order valence-corrected chi connectivity index (χ2v) is 8.07. The molecular weight excluding hydrogens is 460 g/mol. The van der Waals surface area contributed by atoms with Crippen molar-refractivity contribution in [1.29, 1.82) is 0 Å². The molecule has 36 heavy (non-hydrogen) atoms. The van der Waals surface area contributed by atoms with E-state index in [4.69, 9.17) is 9.47 Å². The first kappa shape index (κ1) is 24.5. The van der Waals surface area contributed by atoms with Gasteiger partial charge < -0.3 is 14.0 Å². The van der Waals surface area contributed by atoms with Crippen LogP contribution in [0.3, 0.4) is 0 Å². The van der Waals surface area contributed by atoms with E-state index >= 15 is 0 Å². The zero-order valence-electron chi connectivity index (χ0n) is 19.9. The SMILES string of the molecule is CCc1c(C(=O)C(C)=O)c2c(OCC(=O)OC(=O)c3cccnc3)cccc2n1Cc1ccccc1. The molecule has 0 aliphatic rings. The number of rotatable bonds is 9. The molecule has 0 amide bonds. The van der Waals surface area contributed by atoms with Crippen molar-refractivity contribution in [3.8, 4) is 5.75 Å². The molecule has 2 heterocycles. The summed E-state index contributed by atoms with van der Waals surface area (Å²) in [5.41, 5.74) is 2.80. The van der Waals surface area contributed by atoms with E-state index in [2.05, 4.69) is 4.98 Å². The van der Waals surface area contributed by atoms with E-state index < -0.39 is 30.1 Å². The molecule has 182 valence electrons. The van der Waals surface area contributed by atoms with Crippen molar-refractivity contribution in [2.45, 2.75) is 26.8 Å². The number of hydrogen-bond donors (Lipinski definition) is 0. The Labute approximate surface area is 207 Å². The summed E-state index contributed by atoms with van der Waals surface area (Å²) in [4.78, 5) is 53.5. The number of fused-ring (bicyclic) bond motifs is 1. The Hall–Kier alpha value is -4.59. The van der Waals surface area contributed by atoms with Gasteiger partial charge in [0, 0.05) is 31.6 Å². The van der Waals surface area contributed by atoms with Crippen LogP contribution in [-0.2, 0) is 27.3 Å². The number of ketones is 2. The number of pyridine rings is 1. The van der Waals surface area contributed by atoms with Crippen molar-refractivity contribution in [1.82, 2.24) is 9.55 Å². The summed E-state index contributed by atoms with van der Waals surface area (Å²) in [7, 11) is 0. The van der Waals surface area contributed by atoms with Crippen molar-refractivity contribution >= 4 is 34.4 Å². The number of carbonyl (C=O) groups excluding carboxylic acids is 4. The second-order valence-electron chi connectivity index (χ2n) is 8.07. The third-order valence-electron chi connectivity index (χ3n) is 5.67. The van der Waals surface area contributed by atoms with Crippen molar-refractivity contribution in [3.63, 3.8) is 0 Å². The van der Waals surface area contributed by atoms with Crippen molar-refractivity contribution < 1.29 is 28.7 Å². The number of carbonyl (C=O) groups is 4. The van der Waals surface area contributed by atoms with Crippen LogP contribution in [0, 0.1) is 0 Å². The minimum Gasteiger partial charge on any atom is -0.481 e. The first-order valence-electron chi connectivity index (χ1n) is 11.4. The minimum absolute atomic E-state index is 0.132. The summed E-state index contributed by atoms with van der Waals surface area (Å²) in [6.45, 7) is 3.06. The lowest BCUT2D eigenvalue weighted by Gasteiger charge is -2.11. The van der Waals surface area contributed by atoms with Crippen LogP contribution in [0.15, 0.2) is 73.1 Å². The van der Waals surface area contributed by atoms with Gasteiger partial charge in [0.15, 0.2) is 12.4 Å². The van der Waals surface area contributed by atoms with Crippen LogP contribution < -0.4 is 4.74 Å². The number of esters is 2. The van der Waals surface area contributed by atoms with Gasteiger partial charge >= 0.3 is 11.9 Å². The van der Waals surface area contributed by atoms with Gasteiger partial charge in [-0.1, -0.05) is 43.3 Å². The van der Waals surface area contributed by atoms with Crippen LogP contribution in [0.2, 0.25) is 0 Å². The molecular formula is C28H24N2O6. The standard InChI is InChI=1S/C28H24N2O6/c1-3-21-26(27(33)18(2)31)25-22(30(21)16-19-9-5-4-6-10-19)12-7-13-23(25)35-17-24(32)36-28(34)20-11-8-14-29-15-20/h4-15H,3,16-17H2,1-2H3. The van der Waals surface area contributed by atoms with E-state index in [0.29, 0.717) is 29.6 Å². The molecule has 2 aromatic carbocycles. The van der Waals surface area contributed by atoms with Crippen LogP contribution in [0.5, 0.6) is 5.75 Å². The van der Waals surface area contributed by atoms with E-state index in [0.717, 1.165) is 5.56 Å². The maximum absolute atomic E-state index is 13.0. The molecule has 2 aromatic heterocycles. The Kier molecular flexibility index (Phi) is 7.34. The number of Topliss-reactive ketones (excluding diaryl/α,β-unsaturated/α-hetero) is 2. The van der Waals surface area contributed by atoms with Gasteiger partial charge in [-0.05, 0) is 36.2 Å². The number of ether oxygens (including phenoxy) is 2. The average Bonchev–Trinajstić information content (AvgIpc) is 3.21. The van der Waals surface area contributed by atoms with Gasteiger partial charge in [0.05, 0.1) is 22.0 Å². The smallest absolute Gasteiger partial charge is 0.352 e. The normalized spacial score (nSPS) is 10.7. The Bertz CT molecular complexity index is 1440. The van der Waals surface area contributed by atoms with Crippen LogP contribution in [0.25, 0.3) is 10.9 Å². The number of nitrogens with zero attached hydrogens (tertiary/aromatic N) is 2. The molecule has 8 heteroatoms. The van der Waals surface area contributed by atoms with Crippen LogP contribution in [-0.4, -0.2) is 39.7 Å². The molecule has 0 spiro atoms. The summed E-state index contributed by atoms with van der Waals surface area (Å²) in [6.07, 6.45) is 3.28. The highest BCUT2D eigenvalue weighted by Gasteiger charge is 2.27. The lowest BCUT2D eigenvalue weighted by molar-refractivity contribution is -0.140. The van der Waals surface area contributed by atoms with Gasteiger partial charge in [-0.25, -0.2) is 9.59 Å². The predicted molar refractivity (Wildman–Crippen MR) is 132 cm³/mol. The maximum Gasteiger partial charge on any atom is 0.352 e. The van der Waals surface area contributed by atoms with E-state index in [1.165, 1.54) is 25.4 Å². The molecule has 8 nitrogen and oxygen atoms in total. The summed E-state index contributed by atoms with van der Waals surface area (Å²) >= 11 is 0. The Morgan fingerprint density at radius 3 is 2.39 bits per heavy atom. The van der Waals surface area contributed by atoms with Gasteiger partial charge in [-0.2, -0.15) is 0 Å². The molecule has 0 unspecified atom stereocenters. The number of aromatic nitrogens is 2. The average molecular weight is 485 g/mol. The van der Waals surface area contributed by atoms with Gasteiger partial charge in [0.25, 0.3) is 0 Å². The lowest BCUT2D eigenvalue weighted by atomic mass is 10.0. The third kappa shape index (κ3) is 5.07. The van der Waals surface area contributed by atoms with E-state index in [1.54, 1.807) is 18.2 Å². The Morgan fingerprint density at radius 2 is 1.72 bits per heavy atom. The molecule has 0 aliphatic carbocycles. The zero-order valence-corrected chi connectivity index (χ0v) is 19.9. The van der Waals surface area contributed by atoms with Crippen LogP contribution in [0.4, 0.5) is 0 Å². The zero-order chi connectivity index (χ0) is 25.7. The van der Waals surface area contributed by atoms with E-state index in [1.807, 2.05) is 47.9 Å². The molecule has 0 fully saturated rings. The molecule has 0 saturated heterocycles. The summed E-state index contributed by atoms with van der Waals surface area (Å²) in [6, 6.07) is 18.0. The van der Waals surface area contributed by atoms with Gasteiger partial charge in [0.1, 0.15) is 5.75 Å². The first-order valence-corrected chi connectivity index (χ1v) is 11.4. The van der Waals surface area contributed by atoms with Crippen LogP contribution in [0.1, 0.15) is 45.8 Å².